The first-order chi connectivity index (χ1) is 10.2. The molecule has 4 heteroatoms. The largest absolute Gasteiger partial charge is 0.377 e. The number of ether oxygens (including phenoxy) is 1. The van der Waals surface area contributed by atoms with E-state index in [9.17, 15) is 0 Å². The number of nitrogens with one attached hydrogen (secondary N) is 1. The maximum absolute atomic E-state index is 6.03. The van der Waals surface area contributed by atoms with Crippen LogP contribution >= 0.6 is 0 Å². The van der Waals surface area contributed by atoms with Crippen molar-refractivity contribution >= 4 is 0 Å². The van der Waals surface area contributed by atoms with E-state index in [0.717, 1.165) is 31.9 Å². The van der Waals surface area contributed by atoms with Gasteiger partial charge in [-0.3, -0.25) is 4.68 Å². The van der Waals surface area contributed by atoms with Crippen LogP contribution in [0.2, 0.25) is 0 Å². The molecule has 0 radical (unpaired) electrons. The molecule has 0 spiro atoms. The van der Waals surface area contributed by atoms with E-state index in [1.54, 1.807) is 0 Å². The Balaban J connectivity index is 2.02. The predicted octanol–water partition coefficient (Wildman–Crippen LogP) is 3.19. The van der Waals surface area contributed by atoms with Gasteiger partial charge in [0.1, 0.15) is 0 Å². The van der Waals surface area contributed by atoms with E-state index in [-0.39, 0.29) is 0 Å². The molecule has 1 aromatic heterocycles. The first kappa shape index (κ1) is 16.5. The van der Waals surface area contributed by atoms with Crippen molar-refractivity contribution < 1.29 is 4.74 Å². The van der Waals surface area contributed by atoms with Crippen LogP contribution in [0.3, 0.4) is 0 Å². The number of hydrogen-bond acceptors (Lipinski definition) is 3. The lowest BCUT2D eigenvalue weighted by Gasteiger charge is -2.27. The van der Waals surface area contributed by atoms with Gasteiger partial charge < -0.3 is 10.1 Å². The van der Waals surface area contributed by atoms with Gasteiger partial charge in [0, 0.05) is 31.3 Å². The molecule has 0 aromatic carbocycles. The Morgan fingerprint density at radius 2 is 2.14 bits per heavy atom. The topological polar surface area (TPSA) is 39.1 Å². The third-order valence-electron chi connectivity index (χ3n) is 4.44. The minimum Gasteiger partial charge on any atom is -0.377 e. The molecule has 1 fully saturated rings. The zero-order valence-electron chi connectivity index (χ0n) is 14.0. The van der Waals surface area contributed by atoms with Crippen molar-refractivity contribution in [1.82, 2.24) is 15.1 Å². The summed E-state index contributed by atoms with van der Waals surface area (Å²) in [5.74, 6) is 0.741. The van der Waals surface area contributed by atoms with E-state index in [0.29, 0.717) is 18.2 Å². The molecule has 3 unspecified atom stereocenters. The van der Waals surface area contributed by atoms with Crippen molar-refractivity contribution in [2.45, 2.75) is 71.6 Å². The zero-order valence-corrected chi connectivity index (χ0v) is 14.0. The van der Waals surface area contributed by atoms with Crippen LogP contribution in [-0.2, 0) is 11.2 Å². The van der Waals surface area contributed by atoms with Crippen LogP contribution in [0.4, 0.5) is 0 Å². The molecular weight excluding hydrogens is 262 g/mol. The molecule has 0 bridgehead atoms. The second-order valence-electron chi connectivity index (χ2n) is 6.17. The molecular formula is C17H31N3O. The van der Waals surface area contributed by atoms with Gasteiger partial charge in [0.05, 0.1) is 11.8 Å². The Hall–Kier alpha value is -0.870. The van der Waals surface area contributed by atoms with Gasteiger partial charge in [0.15, 0.2) is 0 Å². The highest BCUT2D eigenvalue weighted by Gasteiger charge is 2.37. The van der Waals surface area contributed by atoms with Gasteiger partial charge in [-0.25, -0.2) is 0 Å². The summed E-state index contributed by atoms with van der Waals surface area (Å²) >= 11 is 0. The lowest BCUT2D eigenvalue weighted by Crippen LogP contribution is -2.44. The molecule has 0 amide bonds. The fraction of sp³-hybridized carbons (Fsp3) is 0.824. The monoisotopic (exact) mass is 293 g/mol. The minimum atomic E-state index is 0.337. The van der Waals surface area contributed by atoms with Gasteiger partial charge in [-0.05, 0) is 51.6 Å². The number of hydrogen-bond donors (Lipinski definition) is 1. The zero-order chi connectivity index (χ0) is 15.2. The van der Waals surface area contributed by atoms with Gasteiger partial charge in [-0.15, -0.1) is 0 Å². The van der Waals surface area contributed by atoms with Crippen molar-refractivity contribution in [3.05, 3.63) is 18.0 Å². The molecule has 0 saturated heterocycles. The highest BCUT2D eigenvalue weighted by molar-refractivity contribution is 5.05. The van der Waals surface area contributed by atoms with Gasteiger partial charge in [0.25, 0.3) is 0 Å². The maximum Gasteiger partial charge on any atom is 0.0759 e. The van der Waals surface area contributed by atoms with Crippen LogP contribution in [-0.4, -0.2) is 35.1 Å². The van der Waals surface area contributed by atoms with Gasteiger partial charge >= 0.3 is 0 Å². The van der Waals surface area contributed by atoms with E-state index in [1.807, 2.05) is 0 Å². The standard InChI is InChI=1S/C17H31N3O/c1-5-13(4)20-11-10-15(19-20)12-16(18-6-2)17(21-7-3)14-8-9-14/h10-11,13-14,16-18H,5-9,12H2,1-4H3. The average molecular weight is 293 g/mol. The van der Waals surface area contributed by atoms with E-state index in [2.05, 4.69) is 50.0 Å². The number of nitrogens with zero attached hydrogens (tertiary/aromatic N) is 2. The van der Waals surface area contributed by atoms with Crippen LogP contribution in [0, 0.1) is 5.92 Å². The van der Waals surface area contributed by atoms with Gasteiger partial charge in [0.2, 0.25) is 0 Å². The molecule has 1 aliphatic rings. The van der Waals surface area contributed by atoms with Crippen molar-refractivity contribution in [1.29, 1.82) is 0 Å². The Kier molecular flexibility index (Phi) is 6.24. The molecule has 2 rings (SSSR count). The Morgan fingerprint density at radius 3 is 2.71 bits per heavy atom. The quantitative estimate of drug-likeness (QED) is 0.720. The summed E-state index contributed by atoms with van der Waals surface area (Å²) < 4.78 is 8.12. The Labute approximate surface area is 129 Å². The molecule has 0 aliphatic heterocycles. The number of rotatable bonds is 10. The van der Waals surface area contributed by atoms with Crippen LogP contribution in [0.15, 0.2) is 12.3 Å². The minimum absolute atomic E-state index is 0.337. The van der Waals surface area contributed by atoms with Crippen molar-refractivity contribution in [3.8, 4) is 0 Å². The van der Waals surface area contributed by atoms with Crippen molar-refractivity contribution in [3.63, 3.8) is 0 Å². The van der Waals surface area contributed by atoms with Gasteiger partial charge in [-0.1, -0.05) is 13.8 Å². The molecule has 3 atom stereocenters. The SMILES string of the molecule is CCNC(Cc1ccn(C(C)CC)n1)C(OCC)C1CC1. The summed E-state index contributed by atoms with van der Waals surface area (Å²) in [6.07, 6.45) is 7.14. The summed E-state index contributed by atoms with van der Waals surface area (Å²) in [7, 11) is 0. The smallest absolute Gasteiger partial charge is 0.0759 e. The highest BCUT2D eigenvalue weighted by atomic mass is 16.5. The van der Waals surface area contributed by atoms with E-state index >= 15 is 0 Å². The summed E-state index contributed by atoms with van der Waals surface area (Å²) in [6.45, 7) is 10.4. The molecule has 120 valence electrons. The molecule has 21 heavy (non-hydrogen) atoms. The second kappa shape index (κ2) is 7.95. The van der Waals surface area contributed by atoms with Crippen LogP contribution in [0.1, 0.15) is 58.7 Å². The first-order valence-electron chi connectivity index (χ1n) is 8.58. The highest BCUT2D eigenvalue weighted by Crippen LogP contribution is 2.36. The van der Waals surface area contributed by atoms with E-state index in [4.69, 9.17) is 9.84 Å². The summed E-state index contributed by atoms with van der Waals surface area (Å²) in [6, 6.07) is 3.01. The van der Waals surface area contributed by atoms with E-state index in [1.165, 1.54) is 18.5 Å². The third-order valence-corrected chi connectivity index (χ3v) is 4.44. The Bertz CT molecular complexity index is 414. The third kappa shape index (κ3) is 4.55. The lowest BCUT2D eigenvalue weighted by molar-refractivity contribution is 0.0193. The number of aromatic nitrogens is 2. The maximum atomic E-state index is 6.03. The molecule has 1 N–H and O–H groups in total. The summed E-state index contributed by atoms with van der Waals surface area (Å²) in [5.41, 5.74) is 1.17. The fourth-order valence-electron chi connectivity index (χ4n) is 2.91. The summed E-state index contributed by atoms with van der Waals surface area (Å²) in [4.78, 5) is 0. The van der Waals surface area contributed by atoms with E-state index < -0.39 is 0 Å². The average Bonchev–Trinajstić information content (AvgIpc) is 3.22. The van der Waals surface area contributed by atoms with Crippen LogP contribution in [0.5, 0.6) is 0 Å². The molecule has 1 saturated carbocycles. The normalized spacial score (nSPS) is 19.4. The molecule has 1 aliphatic carbocycles. The second-order valence-corrected chi connectivity index (χ2v) is 6.17. The fourth-order valence-corrected chi connectivity index (χ4v) is 2.91. The van der Waals surface area contributed by atoms with Crippen molar-refractivity contribution in [2.24, 2.45) is 5.92 Å². The molecule has 1 aromatic rings. The van der Waals surface area contributed by atoms with Gasteiger partial charge in [-0.2, -0.15) is 5.10 Å². The van der Waals surface area contributed by atoms with Crippen LogP contribution in [0.25, 0.3) is 0 Å². The van der Waals surface area contributed by atoms with Crippen molar-refractivity contribution in [2.75, 3.05) is 13.2 Å². The van der Waals surface area contributed by atoms with Crippen LogP contribution < -0.4 is 5.32 Å². The lowest BCUT2D eigenvalue weighted by atomic mass is 10.0. The summed E-state index contributed by atoms with van der Waals surface area (Å²) in [5, 5.41) is 8.36. The first-order valence-corrected chi connectivity index (χ1v) is 8.58. The number of likely N-dealkylation sites (N-methyl/N-ethyl adjacent to an activating group) is 1. The Morgan fingerprint density at radius 1 is 1.38 bits per heavy atom. The predicted molar refractivity (Wildman–Crippen MR) is 86.5 cm³/mol. The molecule has 4 nitrogen and oxygen atoms in total. The molecule has 1 heterocycles.